The Bertz CT molecular complexity index is 739. The second kappa shape index (κ2) is 8.33. The second-order valence-electron chi connectivity index (χ2n) is 6.15. The molecule has 0 aliphatic rings. The third-order valence-electron chi connectivity index (χ3n) is 3.91. The quantitative estimate of drug-likeness (QED) is 0.870. The van der Waals surface area contributed by atoms with Crippen molar-refractivity contribution in [3.8, 4) is 5.75 Å². The van der Waals surface area contributed by atoms with Crippen LogP contribution < -0.4 is 15.0 Å². The highest BCUT2D eigenvalue weighted by atomic mass is 16.5. The number of hydrogen-bond acceptors (Lipinski definition) is 3. The van der Waals surface area contributed by atoms with Gasteiger partial charge in [-0.2, -0.15) is 0 Å². The fourth-order valence-electron chi connectivity index (χ4n) is 2.38. The Morgan fingerprint density at radius 2 is 1.72 bits per heavy atom. The number of amides is 2. The number of carbonyl (C=O) groups excluding carboxylic acids is 2. The molecule has 2 rings (SSSR count). The molecule has 0 spiro atoms. The van der Waals surface area contributed by atoms with Gasteiger partial charge in [-0.25, -0.2) is 0 Å². The van der Waals surface area contributed by atoms with Gasteiger partial charge in [-0.15, -0.1) is 0 Å². The second-order valence-corrected chi connectivity index (χ2v) is 6.15. The van der Waals surface area contributed by atoms with Gasteiger partial charge in [0.15, 0.2) is 6.61 Å². The van der Waals surface area contributed by atoms with Gasteiger partial charge in [0.2, 0.25) is 5.91 Å². The minimum atomic E-state index is -0.230. The lowest BCUT2D eigenvalue weighted by molar-refractivity contribution is -0.118. The van der Waals surface area contributed by atoms with Crippen LogP contribution in [0.3, 0.4) is 0 Å². The van der Waals surface area contributed by atoms with Gasteiger partial charge < -0.3 is 15.0 Å². The summed E-state index contributed by atoms with van der Waals surface area (Å²) in [5.74, 6) is 0.774. The van der Waals surface area contributed by atoms with E-state index >= 15 is 0 Å². The van der Waals surface area contributed by atoms with Crippen molar-refractivity contribution in [1.29, 1.82) is 0 Å². The van der Waals surface area contributed by atoms with Crippen LogP contribution in [0.15, 0.2) is 48.5 Å². The highest BCUT2D eigenvalue weighted by Crippen LogP contribution is 2.25. The molecule has 5 heteroatoms. The maximum atomic E-state index is 12.1. The van der Waals surface area contributed by atoms with Crippen LogP contribution in [0.4, 0.5) is 11.4 Å². The summed E-state index contributed by atoms with van der Waals surface area (Å²) in [6, 6.07) is 14.8. The van der Waals surface area contributed by atoms with Crippen molar-refractivity contribution in [2.75, 3.05) is 23.9 Å². The summed E-state index contributed by atoms with van der Waals surface area (Å²) in [5, 5.41) is 2.79. The molecule has 0 fully saturated rings. The van der Waals surface area contributed by atoms with Gasteiger partial charge in [0.1, 0.15) is 5.75 Å². The van der Waals surface area contributed by atoms with Gasteiger partial charge in [-0.3, -0.25) is 9.59 Å². The summed E-state index contributed by atoms with van der Waals surface area (Å²) in [5.41, 5.74) is 2.51. The van der Waals surface area contributed by atoms with E-state index in [2.05, 4.69) is 19.2 Å². The van der Waals surface area contributed by atoms with Crippen molar-refractivity contribution in [1.82, 2.24) is 0 Å². The molecular weight excluding hydrogens is 316 g/mol. The fraction of sp³-hybridized carbons (Fsp3) is 0.300. The summed E-state index contributed by atoms with van der Waals surface area (Å²) >= 11 is 0. The Hall–Kier alpha value is -2.82. The molecular formula is C20H24N2O3. The van der Waals surface area contributed by atoms with Crippen molar-refractivity contribution in [3.63, 3.8) is 0 Å². The molecule has 132 valence electrons. The van der Waals surface area contributed by atoms with E-state index < -0.39 is 0 Å². The lowest BCUT2D eigenvalue weighted by Crippen LogP contribution is -2.23. The standard InChI is InChI=1S/C20H24N2O3/c1-14(2)18-7-5-6-8-19(18)25-13-20(24)21-16-9-11-17(12-10-16)22(4)15(3)23/h5-12,14H,13H2,1-4H3,(H,21,24). The van der Waals surface area contributed by atoms with Crippen molar-refractivity contribution in [2.45, 2.75) is 26.7 Å². The third kappa shape index (κ3) is 5.08. The molecule has 25 heavy (non-hydrogen) atoms. The molecule has 0 unspecified atom stereocenters. The molecule has 1 N–H and O–H groups in total. The Morgan fingerprint density at radius 3 is 2.32 bits per heavy atom. The molecule has 2 amide bonds. The minimum Gasteiger partial charge on any atom is -0.483 e. The number of carbonyl (C=O) groups is 2. The number of hydrogen-bond donors (Lipinski definition) is 1. The van der Waals surface area contributed by atoms with Crippen LogP contribution in [-0.2, 0) is 9.59 Å². The lowest BCUT2D eigenvalue weighted by Gasteiger charge is -2.16. The number of benzene rings is 2. The van der Waals surface area contributed by atoms with Crippen LogP contribution in [0.25, 0.3) is 0 Å². The summed E-state index contributed by atoms with van der Waals surface area (Å²) in [6.45, 7) is 5.62. The topological polar surface area (TPSA) is 58.6 Å². The largest absolute Gasteiger partial charge is 0.483 e. The van der Waals surface area contributed by atoms with E-state index in [1.54, 1.807) is 31.3 Å². The molecule has 0 saturated heterocycles. The summed E-state index contributed by atoms with van der Waals surface area (Å²) in [4.78, 5) is 25.0. The summed E-state index contributed by atoms with van der Waals surface area (Å²) in [6.07, 6.45) is 0. The van der Waals surface area contributed by atoms with E-state index in [4.69, 9.17) is 4.74 Å². The maximum absolute atomic E-state index is 12.1. The summed E-state index contributed by atoms with van der Waals surface area (Å²) in [7, 11) is 1.70. The Balaban J connectivity index is 1.94. The Labute approximate surface area is 148 Å². The monoisotopic (exact) mass is 340 g/mol. The van der Waals surface area contributed by atoms with Crippen LogP contribution in [0, 0.1) is 0 Å². The van der Waals surface area contributed by atoms with Gasteiger partial charge in [0.25, 0.3) is 5.91 Å². The van der Waals surface area contributed by atoms with E-state index in [0.717, 1.165) is 17.0 Å². The van der Waals surface area contributed by atoms with E-state index in [9.17, 15) is 9.59 Å². The molecule has 2 aromatic rings. The van der Waals surface area contributed by atoms with Crippen molar-refractivity contribution < 1.29 is 14.3 Å². The predicted octanol–water partition coefficient (Wildman–Crippen LogP) is 3.81. The molecule has 5 nitrogen and oxygen atoms in total. The van der Waals surface area contributed by atoms with Gasteiger partial charge in [0.05, 0.1) is 0 Å². The van der Waals surface area contributed by atoms with Crippen LogP contribution in [0.1, 0.15) is 32.3 Å². The molecule has 0 saturated carbocycles. The van der Waals surface area contributed by atoms with Crippen LogP contribution in [0.5, 0.6) is 5.75 Å². The fourth-order valence-corrected chi connectivity index (χ4v) is 2.38. The van der Waals surface area contributed by atoms with E-state index in [1.807, 2.05) is 24.3 Å². The number of para-hydroxylation sites is 1. The number of ether oxygens (including phenoxy) is 1. The zero-order valence-electron chi connectivity index (χ0n) is 15.1. The molecule has 0 radical (unpaired) electrons. The zero-order chi connectivity index (χ0) is 18.4. The van der Waals surface area contributed by atoms with Crippen LogP contribution in [-0.4, -0.2) is 25.5 Å². The SMILES string of the molecule is CC(=O)N(C)c1ccc(NC(=O)COc2ccccc2C(C)C)cc1. The highest BCUT2D eigenvalue weighted by molar-refractivity contribution is 5.93. The molecule has 0 atom stereocenters. The van der Waals surface area contributed by atoms with Gasteiger partial charge in [-0.1, -0.05) is 32.0 Å². The van der Waals surface area contributed by atoms with Crippen LogP contribution >= 0.6 is 0 Å². The Morgan fingerprint density at radius 1 is 1.08 bits per heavy atom. The van der Waals surface area contributed by atoms with Crippen LogP contribution in [0.2, 0.25) is 0 Å². The third-order valence-corrected chi connectivity index (χ3v) is 3.91. The number of rotatable bonds is 6. The number of nitrogens with zero attached hydrogens (tertiary/aromatic N) is 1. The molecule has 0 bridgehead atoms. The number of nitrogens with one attached hydrogen (secondary N) is 1. The average molecular weight is 340 g/mol. The minimum absolute atomic E-state index is 0.0472. The average Bonchev–Trinajstić information content (AvgIpc) is 2.60. The smallest absolute Gasteiger partial charge is 0.262 e. The van der Waals surface area contributed by atoms with E-state index in [-0.39, 0.29) is 18.4 Å². The first kappa shape index (κ1) is 18.5. The van der Waals surface area contributed by atoms with Gasteiger partial charge in [-0.05, 0) is 41.8 Å². The summed E-state index contributed by atoms with van der Waals surface area (Å²) < 4.78 is 5.66. The van der Waals surface area contributed by atoms with Crippen molar-refractivity contribution in [3.05, 3.63) is 54.1 Å². The first-order chi connectivity index (χ1) is 11.9. The van der Waals surface area contributed by atoms with E-state index in [0.29, 0.717) is 11.6 Å². The lowest BCUT2D eigenvalue weighted by atomic mass is 10.0. The number of anilines is 2. The first-order valence-corrected chi connectivity index (χ1v) is 8.24. The predicted molar refractivity (Wildman–Crippen MR) is 100 cm³/mol. The molecule has 0 aliphatic heterocycles. The van der Waals surface area contributed by atoms with Crippen molar-refractivity contribution in [2.24, 2.45) is 0 Å². The highest BCUT2D eigenvalue weighted by Gasteiger charge is 2.10. The molecule has 0 aliphatic carbocycles. The normalized spacial score (nSPS) is 10.4. The van der Waals surface area contributed by atoms with Gasteiger partial charge in [0, 0.05) is 25.3 Å². The zero-order valence-corrected chi connectivity index (χ0v) is 15.1. The molecule has 0 heterocycles. The molecule has 2 aromatic carbocycles. The maximum Gasteiger partial charge on any atom is 0.262 e. The first-order valence-electron chi connectivity index (χ1n) is 8.24. The van der Waals surface area contributed by atoms with Gasteiger partial charge >= 0.3 is 0 Å². The Kier molecular flexibility index (Phi) is 6.17. The van der Waals surface area contributed by atoms with E-state index in [1.165, 1.54) is 11.8 Å². The van der Waals surface area contributed by atoms with Crippen molar-refractivity contribution >= 4 is 23.2 Å². The molecule has 0 aromatic heterocycles.